The van der Waals surface area contributed by atoms with E-state index in [0.717, 1.165) is 55.6 Å². The van der Waals surface area contributed by atoms with Gasteiger partial charge in [0, 0.05) is 38.7 Å². The van der Waals surface area contributed by atoms with E-state index in [1.54, 1.807) is 13.4 Å². The number of pyridine rings is 1. The smallest absolute Gasteiger partial charge is 0.191 e. The van der Waals surface area contributed by atoms with Crippen molar-refractivity contribution < 1.29 is 0 Å². The Kier molecular flexibility index (Phi) is 4.28. The fourth-order valence-electron chi connectivity index (χ4n) is 3.10. The largest absolute Gasteiger partial charge is 0.356 e. The minimum absolute atomic E-state index is 0.300. The summed E-state index contributed by atoms with van der Waals surface area (Å²) in [5, 5.41) is 19.5. The van der Waals surface area contributed by atoms with Gasteiger partial charge in [-0.15, -0.1) is 10.2 Å². The van der Waals surface area contributed by atoms with Crippen molar-refractivity contribution in [3.05, 3.63) is 42.4 Å². The van der Waals surface area contributed by atoms with Crippen molar-refractivity contribution >= 4 is 11.6 Å². The molecule has 3 aromatic rings. The molecule has 4 heterocycles. The molecule has 1 unspecified atom stereocenters. The quantitative estimate of drug-likeness (QED) is 0.515. The third-order valence-electron chi connectivity index (χ3n) is 4.40. The van der Waals surface area contributed by atoms with Gasteiger partial charge >= 0.3 is 0 Å². The lowest BCUT2D eigenvalue weighted by Crippen LogP contribution is -2.47. The number of nitrogens with zero attached hydrogens (tertiary/aromatic N) is 7. The molecule has 0 saturated carbocycles. The molecular weight excluding hydrogens is 318 g/mol. The van der Waals surface area contributed by atoms with Crippen LogP contribution in [0.1, 0.15) is 18.1 Å². The summed E-state index contributed by atoms with van der Waals surface area (Å²) >= 11 is 0. The normalized spacial score (nSPS) is 17.5. The van der Waals surface area contributed by atoms with E-state index in [9.17, 15) is 0 Å². The maximum absolute atomic E-state index is 4.31. The van der Waals surface area contributed by atoms with Gasteiger partial charge in [0.2, 0.25) is 0 Å². The third kappa shape index (κ3) is 3.30. The van der Waals surface area contributed by atoms with Crippen LogP contribution in [0.25, 0.3) is 5.65 Å². The topological polar surface area (TPSA) is 97.3 Å². The van der Waals surface area contributed by atoms with E-state index >= 15 is 0 Å². The molecule has 4 rings (SSSR count). The summed E-state index contributed by atoms with van der Waals surface area (Å²) in [5.41, 5.74) is 0.867. The van der Waals surface area contributed by atoms with Crippen LogP contribution in [0.15, 0.2) is 35.7 Å². The highest BCUT2D eigenvalue weighted by Gasteiger charge is 2.20. The molecule has 0 amide bonds. The van der Waals surface area contributed by atoms with Crippen molar-refractivity contribution in [2.45, 2.75) is 31.8 Å². The number of aromatic nitrogens is 6. The number of hydrogen-bond donors (Lipinski definition) is 2. The highest BCUT2D eigenvalue weighted by Crippen LogP contribution is 2.11. The van der Waals surface area contributed by atoms with Crippen molar-refractivity contribution in [3.8, 4) is 0 Å². The minimum Gasteiger partial charge on any atom is -0.356 e. The molecule has 9 nitrogen and oxygen atoms in total. The molecule has 1 aliphatic rings. The highest BCUT2D eigenvalue weighted by molar-refractivity contribution is 5.79. The first kappa shape index (κ1) is 15.6. The zero-order valence-corrected chi connectivity index (χ0v) is 14.1. The first-order chi connectivity index (χ1) is 12.3. The summed E-state index contributed by atoms with van der Waals surface area (Å²) < 4.78 is 3.96. The van der Waals surface area contributed by atoms with Crippen LogP contribution in [0, 0.1) is 0 Å². The summed E-state index contributed by atoms with van der Waals surface area (Å²) in [6.45, 7) is 1.54. The molecule has 1 aliphatic heterocycles. The monoisotopic (exact) mass is 339 g/mol. The number of fused-ring (bicyclic) bond motifs is 2. The van der Waals surface area contributed by atoms with E-state index in [0.29, 0.717) is 6.04 Å². The van der Waals surface area contributed by atoms with E-state index in [1.807, 2.05) is 33.5 Å². The lowest BCUT2D eigenvalue weighted by atomic mass is 10.1. The van der Waals surface area contributed by atoms with Crippen molar-refractivity contribution in [2.75, 3.05) is 13.6 Å². The van der Waals surface area contributed by atoms with Crippen LogP contribution in [0.5, 0.6) is 0 Å². The van der Waals surface area contributed by atoms with Gasteiger partial charge < -0.3 is 10.6 Å². The Bertz CT molecular complexity index is 879. The zero-order chi connectivity index (χ0) is 17.1. The lowest BCUT2D eigenvalue weighted by Gasteiger charge is -2.25. The molecule has 3 aromatic heterocycles. The summed E-state index contributed by atoms with van der Waals surface area (Å²) in [7, 11) is 1.78. The Labute approximate surface area is 145 Å². The second-order valence-electron chi connectivity index (χ2n) is 6.03. The molecule has 9 heteroatoms. The first-order valence-electron chi connectivity index (χ1n) is 8.46. The molecular formula is C16H21N9. The highest BCUT2D eigenvalue weighted by atomic mass is 15.4. The van der Waals surface area contributed by atoms with Crippen LogP contribution in [0.4, 0.5) is 0 Å². The molecule has 1 atom stereocenters. The summed E-state index contributed by atoms with van der Waals surface area (Å²) in [4.78, 5) is 8.57. The number of aryl methyl sites for hydroxylation is 1. The minimum atomic E-state index is 0.300. The molecule has 0 aromatic carbocycles. The SMILES string of the molecule is CN=C(NCCc1nnc2ccccn12)NC1CCc2ncnn2C1. The van der Waals surface area contributed by atoms with Crippen molar-refractivity contribution in [1.29, 1.82) is 0 Å². The van der Waals surface area contributed by atoms with Crippen molar-refractivity contribution in [3.63, 3.8) is 0 Å². The molecule has 0 saturated heterocycles. The van der Waals surface area contributed by atoms with E-state index in [-0.39, 0.29) is 0 Å². The molecule has 2 N–H and O–H groups in total. The molecule has 0 fully saturated rings. The van der Waals surface area contributed by atoms with Crippen LogP contribution in [-0.2, 0) is 19.4 Å². The Morgan fingerprint density at radius 1 is 1.36 bits per heavy atom. The average Bonchev–Trinajstić information content (AvgIpc) is 3.27. The van der Waals surface area contributed by atoms with Crippen molar-refractivity contribution in [2.24, 2.45) is 4.99 Å². The molecule has 25 heavy (non-hydrogen) atoms. The van der Waals surface area contributed by atoms with Gasteiger partial charge in [-0.2, -0.15) is 5.10 Å². The Morgan fingerprint density at radius 2 is 2.32 bits per heavy atom. The first-order valence-corrected chi connectivity index (χ1v) is 8.46. The molecule has 0 aliphatic carbocycles. The van der Waals surface area contributed by atoms with Crippen LogP contribution in [0.2, 0.25) is 0 Å². The molecule has 0 radical (unpaired) electrons. The van der Waals surface area contributed by atoms with Gasteiger partial charge in [0.15, 0.2) is 11.6 Å². The van der Waals surface area contributed by atoms with Gasteiger partial charge in [0.05, 0.1) is 6.54 Å². The second-order valence-corrected chi connectivity index (χ2v) is 6.03. The Morgan fingerprint density at radius 3 is 3.24 bits per heavy atom. The van der Waals surface area contributed by atoms with Gasteiger partial charge in [0.1, 0.15) is 18.0 Å². The predicted octanol–water partition coefficient (Wildman–Crippen LogP) is 0.0433. The van der Waals surface area contributed by atoms with E-state index in [1.165, 1.54) is 0 Å². The number of hydrogen-bond acceptors (Lipinski definition) is 5. The predicted molar refractivity (Wildman–Crippen MR) is 93.3 cm³/mol. The lowest BCUT2D eigenvalue weighted by molar-refractivity contribution is 0.393. The number of nitrogens with one attached hydrogen (secondary N) is 2. The van der Waals surface area contributed by atoms with Gasteiger partial charge in [-0.25, -0.2) is 9.67 Å². The molecule has 0 bridgehead atoms. The van der Waals surface area contributed by atoms with Crippen LogP contribution in [0.3, 0.4) is 0 Å². The van der Waals surface area contributed by atoms with Crippen molar-refractivity contribution in [1.82, 2.24) is 40.0 Å². The van der Waals surface area contributed by atoms with E-state index in [2.05, 4.69) is 35.9 Å². The summed E-state index contributed by atoms with van der Waals surface area (Å²) in [6.07, 6.45) is 6.32. The molecule has 130 valence electrons. The zero-order valence-electron chi connectivity index (χ0n) is 14.1. The number of guanidine groups is 1. The molecule has 0 spiro atoms. The number of aliphatic imine (C=N–C) groups is 1. The summed E-state index contributed by atoms with van der Waals surface area (Å²) in [6, 6.07) is 6.19. The Balaban J connectivity index is 1.31. The van der Waals surface area contributed by atoms with E-state index < -0.39 is 0 Å². The maximum Gasteiger partial charge on any atom is 0.191 e. The standard InChI is InChI=1S/C16H21N9/c1-17-16(21-12-5-6-13-19-11-20-25(13)10-12)18-8-7-15-23-22-14-4-2-3-9-24(14)15/h2-4,9,11-12H,5-8,10H2,1H3,(H2,17,18,21). The third-order valence-corrected chi connectivity index (χ3v) is 4.40. The van der Waals surface area contributed by atoms with Gasteiger partial charge in [-0.1, -0.05) is 6.07 Å². The van der Waals surface area contributed by atoms with Crippen LogP contribution >= 0.6 is 0 Å². The Hall–Kier alpha value is -2.97. The van der Waals surface area contributed by atoms with Crippen LogP contribution < -0.4 is 10.6 Å². The second kappa shape index (κ2) is 6.88. The van der Waals surface area contributed by atoms with E-state index in [4.69, 9.17) is 0 Å². The maximum atomic E-state index is 4.31. The number of rotatable bonds is 4. The summed E-state index contributed by atoms with van der Waals surface area (Å²) in [5.74, 6) is 2.78. The fraction of sp³-hybridized carbons (Fsp3) is 0.438. The van der Waals surface area contributed by atoms with Gasteiger partial charge in [0.25, 0.3) is 0 Å². The van der Waals surface area contributed by atoms with Crippen LogP contribution in [-0.4, -0.2) is 55.0 Å². The average molecular weight is 339 g/mol. The fourth-order valence-corrected chi connectivity index (χ4v) is 3.10. The van der Waals surface area contributed by atoms with Gasteiger partial charge in [-0.3, -0.25) is 9.39 Å². The van der Waals surface area contributed by atoms with Gasteiger partial charge in [-0.05, 0) is 18.6 Å².